The summed E-state index contributed by atoms with van der Waals surface area (Å²) in [6.45, 7) is 6.45. The van der Waals surface area contributed by atoms with Gasteiger partial charge >= 0.3 is 17.9 Å². The first-order valence-electron chi connectivity index (χ1n) is 25.1. The van der Waals surface area contributed by atoms with E-state index in [1.807, 2.05) is 0 Å². The van der Waals surface area contributed by atoms with E-state index >= 15 is 0 Å². The number of carbonyl (C=O) groups is 3. The summed E-state index contributed by atoms with van der Waals surface area (Å²) in [5.74, 6) is -0.940. The van der Waals surface area contributed by atoms with Gasteiger partial charge < -0.3 is 14.2 Å². The van der Waals surface area contributed by atoms with Gasteiger partial charge in [-0.05, 0) is 70.6 Å². The Kier molecular flexibility index (Phi) is 45.9. The Bertz CT molecular complexity index is 1040. The lowest BCUT2D eigenvalue weighted by atomic mass is 10.0. The maximum absolute atomic E-state index is 12.7. The number of rotatable bonds is 45. The second kappa shape index (κ2) is 48.0. The SMILES string of the molecule is CC/C=C\C/C=C\C/C=C\CCCCC(=O)OC(COC(=O)CCCCCC/C=C\CCCC)COC(=O)CCCCCCCCCCCCCCCCCCCCC. The summed E-state index contributed by atoms with van der Waals surface area (Å²) < 4.78 is 16.7. The van der Waals surface area contributed by atoms with Gasteiger partial charge in [0.05, 0.1) is 0 Å². The van der Waals surface area contributed by atoms with Crippen LogP contribution in [0.25, 0.3) is 0 Å². The fourth-order valence-electron chi connectivity index (χ4n) is 7.03. The molecule has 0 aliphatic carbocycles. The van der Waals surface area contributed by atoms with Crippen LogP contribution in [0.2, 0.25) is 0 Å². The predicted octanol–water partition coefficient (Wildman–Crippen LogP) is 16.3. The topological polar surface area (TPSA) is 78.9 Å². The van der Waals surface area contributed by atoms with Crippen LogP contribution < -0.4 is 0 Å². The van der Waals surface area contributed by atoms with E-state index in [4.69, 9.17) is 14.2 Å². The quantitative estimate of drug-likeness (QED) is 0.0263. The van der Waals surface area contributed by atoms with Crippen molar-refractivity contribution in [3.05, 3.63) is 48.6 Å². The molecule has 0 saturated heterocycles. The zero-order valence-corrected chi connectivity index (χ0v) is 39.0. The summed E-state index contributed by atoms with van der Waals surface area (Å²) in [4.78, 5) is 37.8. The fraction of sp³-hybridized carbons (Fsp3) is 0.792. The normalized spacial score (nSPS) is 12.4. The maximum atomic E-state index is 12.7. The van der Waals surface area contributed by atoms with Crippen LogP contribution in [0.3, 0.4) is 0 Å². The molecule has 6 heteroatoms. The molecule has 0 aromatic rings. The Balaban J connectivity index is 4.31. The highest BCUT2D eigenvalue weighted by Crippen LogP contribution is 2.16. The molecule has 0 aromatic heterocycles. The van der Waals surface area contributed by atoms with E-state index in [1.54, 1.807) is 0 Å². The van der Waals surface area contributed by atoms with E-state index in [9.17, 15) is 14.4 Å². The summed E-state index contributed by atoms with van der Waals surface area (Å²) in [6, 6.07) is 0. The molecule has 0 radical (unpaired) electrons. The molecule has 6 nitrogen and oxygen atoms in total. The largest absolute Gasteiger partial charge is 0.462 e. The van der Waals surface area contributed by atoms with Crippen LogP contribution in [-0.4, -0.2) is 37.2 Å². The minimum absolute atomic E-state index is 0.0900. The third-order valence-corrected chi connectivity index (χ3v) is 10.8. The first-order chi connectivity index (χ1) is 29.0. The highest BCUT2D eigenvalue weighted by atomic mass is 16.6. The first-order valence-corrected chi connectivity index (χ1v) is 25.1. The molecule has 0 spiro atoms. The molecular formula is C53H94O6. The van der Waals surface area contributed by atoms with Gasteiger partial charge in [0, 0.05) is 19.3 Å². The van der Waals surface area contributed by atoms with Crippen LogP contribution in [0.5, 0.6) is 0 Å². The van der Waals surface area contributed by atoms with Crippen molar-refractivity contribution in [2.75, 3.05) is 13.2 Å². The van der Waals surface area contributed by atoms with Crippen LogP contribution in [0, 0.1) is 0 Å². The lowest BCUT2D eigenvalue weighted by Crippen LogP contribution is -2.30. The molecule has 1 unspecified atom stereocenters. The van der Waals surface area contributed by atoms with Crippen LogP contribution in [0.1, 0.15) is 252 Å². The van der Waals surface area contributed by atoms with Crippen molar-refractivity contribution in [3.63, 3.8) is 0 Å². The Labute approximate surface area is 365 Å². The molecule has 0 aliphatic heterocycles. The van der Waals surface area contributed by atoms with E-state index in [-0.39, 0.29) is 37.5 Å². The minimum atomic E-state index is -0.793. The van der Waals surface area contributed by atoms with E-state index in [0.717, 1.165) is 89.9 Å². The highest BCUT2D eigenvalue weighted by Gasteiger charge is 2.19. The van der Waals surface area contributed by atoms with E-state index in [0.29, 0.717) is 19.3 Å². The van der Waals surface area contributed by atoms with Crippen molar-refractivity contribution in [2.45, 2.75) is 258 Å². The van der Waals surface area contributed by atoms with Gasteiger partial charge in [-0.1, -0.05) is 211 Å². The monoisotopic (exact) mass is 827 g/mol. The maximum Gasteiger partial charge on any atom is 0.306 e. The van der Waals surface area contributed by atoms with Crippen molar-refractivity contribution in [1.29, 1.82) is 0 Å². The van der Waals surface area contributed by atoms with Crippen molar-refractivity contribution in [3.8, 4) is 0 Å². The van der Waals surface area contributed by atoms with Gasteiger partial charge in [-0.25, -0.2) is 0 Å². The fourth-order valence-corrected chi connectivity index (χ4v) is 7.03. The van der Waals surface area contributed by atoms with Gasteiger partial charge in [0.1, 0.15) is 13.2 Å². The van der Waals surface area contributed by atoms with Crippen molar-refractivity contribution < 1.29 is 28.6 Å². The van der Waals surface area contributed by atoms with Gasteiger partial charge in [-0.2, -0.15) is 0 Å². The molecular weight excluding hydrogens is 733 g/mol. The third-order valence-electron chi connectivity index (χ3n) is 10.8. The van der Waals surface area contributed by atoms with Crippen molar-refractivity contribution >= 4 is 17.9 Å². The molecule has 1 atom stereocenters. The molecule has 0 bridgehead atoms. The Hall–Kier alpha value is -2.63. The van der Waals surface area contributed by atoms with E-state index in [2.05, 4.69) is 69.4 Å². The van der Waals surface area contributed by atoms with Crippen molar-refractivity contribution in [2.24, 2.45) is 0 Å². The number of esters is 3. The van der Waals surface area contributed by atoms with Gasteiger partial charge in [-0.3, -0.25) is 14.4 Å². The number of unbranched alkanes of at least 4 members (excludes halogenated alkanes) is 26. The number of carbonyl (C=O) groups excluding carboxylic acids is 3. The smallest absolute Gasteiger partial charge is 0.306 e. The molecule has 0 aliphatic rings. The van der Waals surface area contributed by atoms with Crippen molar-refractivity contribution in [1.82, 2.24) is 0 Å². The van der Waals surface area contributed by atoms with Crippen LogP contribution in [0.15, 0.2) is 48.6 Å². The molecule has 0 N–H and O–H groups in total. The van der Waals surface area contributed by atoms with Crippen LogP contribution in [-0.2, 0) is 28.6 Å². The third kappa shape index (κ3) is 46.3. The number of ether oxygens (including phenoxy) is 3. The molecule has 0 saturated carbocycles. The van der Waals surface area contributed by atoms with E-state index in [1.165, 1.54) is 116 Å². The molecule has 0 amide bonds. The molecule has 0 heterocycles. The van der Waals surface area contributed by atoms with E-state index < -0.39 is 6.10 Å². The Morgan fingerprint density at radius 2 is 0.678 bits per heavy atom. The molecule has 59 heavy (non-hydrogen) atoms. The Morgan fingerprint density at radius 1 is 0.356 bits per heavy atom. The lowest BCUT2D eigenvalue weighted by molar-refractivity contribution is -0.167. The number of allylic oxidation sites excluding steroid dienone is 8. The van der Waals surface area contributed by atoms with Gasteiger partial charge in [0.2, 0.25) is 0 Å². The van der Waals surface area contributed by atoms with Gasteiger partial charge in [-0.15, -0.1) is 0 Å². The first kappa shape index (κ1) is 56.4. The summed E-state index contributed by atoms with van der Waals surface area (Å²) in [7, 11) is 0. The average Bonchev–Trinajstić information content (AvgIpc) is 3.23. The predicted molar refractivity (Wildman–Crippen MR) is 252 cm³/mol. The van der Waals surface area contributed by atoms with Crippen LogP contribution >= 0.6 is 0 Å². The number of hydrogen-bond donors (Lipinski definition) is 0. The second-order valence-electron chi connectivity index (χ2n) is 16.7. The van der Waals surface area contributed by atoms with Crippen LogP contribution in [0.4, 0.5) is 0 Å². The number of hydrogen-bond acceptors (Lipinski definition) is 6. The summed E-state index contributed by atoms with van der Waals surface area (Å²) in [5.41, 5.74) is 0. The summed E-state index contributed by atoms with van der Waals surface area (Å²) in [5, 5.41) is 0. The summed E-state index contributed by atoms with van der Waals surface area (Å²) >= 11 is 0. The Morgan fingerprint density at radius 3 is 1.14 bits per heavy atom. The second-order valence-corrected chi connectivity index (χ2v) is 16.7. The molecule has 0 rings (SSSR count). The van der Waals surface area contributed by atoms with Gasteiger partial charge in [0.25, 0.3) is 0 Å². The molecule has 0 aromatic carbocycles. The zero-order chi connectivity index (χ0) is 43.0. The standard InChI is InChI=1S/C53H94O6/c1-4-7-10-13-16-19-22-24-25-26-27-28-29-30-32-34-37-40-43-46-52(55)58-49-50(48-57-51(54)45-42-39-36-33-21-18-15-12-9-6-3)59-53(56)47-44-41-38-35-31-23-20-17-14-11-8-5-2/h8,11,15,17-18,20,31,35,50H,4-7,9-10,12-14,16,19,21-30,32-34,36-49H2,1-3H3/b11-8-,18-15-,20-17-,35-31-. The highest BCUT2D eigenvalue weighted by molar-refractivity contribution is 5.71. The molecule has 342 valence electrons. The summed E-state index contributed by atoms with van der Waals surface area (Å²) in [6.07, 6.45) is 56.8. The molecule has 0 fully saturated rings. The van der Waals surface area contributed by atoms with Gasteiger partial charge in [0.15, 0.2) is 6.10 Å². The zero-order valence-electron chi connectivity index (χ0n) is 39.0. The average molecular weight is 827 g/mol. The minimum Gasteiger partial charge on any atom is -0.462 e. The lowest BCUT2D eigenvalue weighted by Gasteiger charge is -2.18.